The number of hydrogen-bond donors (Lipinski definition) is 1. The third kappa shape index (κ3) is 4.20. The lowest BCUT2D eigenvalue weighted by molar-refractivity contribution is -0.117. The van der Waals surface area contributed by atoms with Crippen LogP contribution in [0.2, 0.25) is 0 Å². The molecule has 0 radical (unpaired) electrons. The van der Waals surface area contributed by atoms with Gasteiger partial charge in [-0.25, -0.2) is 14.0 Å². The number of rotatable bonds is 5. The highest BCUT2D eigenvalue weighted by atomic mass is 16.5. The number of benzene rings is 2. The first-order valence-corrected chi connectivity index (χ1v) is 9.45. The van der Waals surface area contributed by atoms with Crippen LogP contribution in [0.15, 0.2) is 65.7 Å². The molecule has 0 spiro atoms. The van der Waals surface area contributed by atoms with Crippen LogP contribution in [0.1, 0.15) is 15.9 Å². The zero-order chi connectivity index (χ0) is 22.0. The van der Waals surface area contributed by atoms with Gasteiger partial charge in [0.05, 0.1) is 18.4 Å². The van der Waals surface area contributed by atoms with Gasteiger partial charge in [-0.15, -0.1) is 0 Å². The maximum Gasteiger partial charge on any atom is 0.337 e. The number of anilines is 1. The van der Waals surface area contributed by atoms with Crippen molar-refractivity contribution in [2.24, 2.45) is 0 Å². The predicted molar refractivity (Wildman–Crippen MR) is 114 cm³/mol. The molecule has 0 fully saturated rings. The molecule has 0 saturated carbocycles. The standard InChI is InChI=1S/C22H19N5O4/c1-14-3-5-15(6-4-14)18-11-19-21(29)26(23-13-27(19)25-18)12-20(28)24-17-9-7-16(8-10-17)22(30)31-2/h3-11,13H,12H2,1-2H3,(H,24,28). The first kappa shape index (κ1) is 20.0. The number of methoxy groups -OCH3 is 1. The molecule has 1 N–H and O–H groups in total. The minimum absolute atomic E-state index is 0.265. The molecule has 0 aliphatic heterocycles. The third-order valence-electron chi connectivity index (χ3n) is 4.72. The van der Waals surface area contributed by atoms with Crippen molar-refractivity contribution in [1.82, 2.24) is 19.4 Å². The summed E-state index contributed by atoms with van der Waals surface area (Å²) in [5.74, 6) is -0.893. The summed E-state index contributed by atoms with van der Waals surface area (Å²) in [7, 11) is 1.30. The van der Waals surface area contributed by atoms with E-state index in [0.717, 1.165) is 15.8 Å². The van der Waals surface area contributed by atoms with Gasteiger partial charge in [0.1, 0.15) is 18.4 Å². The van der Waals surface area contributed by atoms with Gasteiger partial charge in [0.15, 0.2) is 0 Å². The Morgan fingerprint density at radius 1 is 1.06 bits per heavy atom. The topological polar surface area (TPSA) is 108 Å². The van der Waals surface area contributed by atoms with Crippen LogP contribution in [0.5, 0.6) is 0 Å². The highest BCUT2D eigenvalue weighted by Gasteiger charge is 2.13. The van der Waals surface area contributed by atoms with Crippen molar-refractivity contribution < 1.29 is 14.3 Å². The Morgan fingerprint density at radius 2 is 1.77 bits per heavy atom. The molecule has 2 heterocycles. The van der Waals surface area contributed by atoms with E-state index < -0.39 is 17.4 Å². The van der Waals surface area contributed by atoms with E-state index in [1.165, 1.54) is 30.1 Å². The summed E-state index contributed by atoms with van der Waals surface area (Å²) in [6, 6.07) is 15.7. The van der Waals surface area contributed by atoms with Crippen LogP contribution in [-0.4, -0.2) is 38.4 Å². The van der Waals surface area contributed by atoms with Crippen LogP contribution < -0.4 is 10.9 Å². The Bertz CT molecular complexity index is 1320. The van der Waals surface area contributed by atoms with Gasteiger partial charge >= 0.3 is 5.97 Å². The normalized spacial score (nSPS) is 10.8. The van der Waals surface area contributed by atoms with E-state index in [0.29, 0.717) is 22.5 Å². The summed E-state index contributed by atoms with van der Waals surface area (Å²) in [5.41, 5.74) is 3.40. The number of aryl methyl sites for hydroxylation is 1. The van der Waals surface area contributed by atoms with E-state index in [2.05, 4.69) is 20.3 Å². The summed E-state index contributed by atoms with van der Waals surface area (Å²) in [5, 5.41) is 11.1. The van der Waals surface area contributed by atoms with E-state index >= 15 is 0 Å². The number of fused-ring (bicyclic) bond motifs is 1. The van der Waals surface area contributed by atoms with Gasteiger partial charge in [-0.3, -0.25) is 9.59 Å². The van der Waals surface area contributed by atoms with Gasteiger partial charge in [-0.05, 0) is 37.3 Å². The van der Waals surface area contributed by atoms with Crippen molar-refractivity contribution in [3.63, 3.8) is 0 Å². The van der Waals surface area contributed by atoms with Gasteiger partial charge in [0, 0.05) is 11.3 Å². The summed E-state index contributed by atoms with van der Waals surface area (Å²) in [6.07, 6.45) is 1.40. The fourth-order valence-corrected chi connectivity index (χ4v) is 3.06. The Kier molecular flexibility index (Phi) is 5.31. The molecule has 0 unspecified atom stereocenters. The number of amides is 1. The van der Waals surface area contributed by atoms with Gasteiger partial charge < -0.3 is 10.1 Å². The Labute approximate surface area is 176 Å². The Balaban J connectivity index is 1.52. The molecule has 0 saturated heterocycles. The van der Waals surface area contributed by atoms with E-state index in [9.17, 15) is 14.4 Å². The molecule has 0 atom stereocenters. The van der Waals surface area contributed by atoms with E-state index in [4.69, 9.17) is 0 Å². The molecule has 2 aromatic carbocycles. The Morgan fingerprint density at radius 3 is 2.45 bits per heavy atom. The number of aromatic nitrogens is 4. The molecule has 31 heavy (non-hydrogen) atoms. The van der Waals surface area contributed by atoms with Gasteiger partial charge in [-0.1, -0.05) is 29.8 Å². The molecule has 9 heteroatoms. The molecule has 156 valence electrons. The summed E-state index contributed by atoms with van der Waals surface area (Å²) in [6.45, 7) is 1.73. The lowest BCUT2D eigenvalue weighted by Crippen LogP contribution is -2.30. The minimum Gasteiger partial charge on any atom is -0.465 e. The van der Waals surface area contributed by atoms with E-state index in [1.54, 1.807) is 18.2 Å². The number of hydrogen-bond acceptors (Lipinski definition) is 6. The highest BCUT2D eigenvalue weighted by Crippen LogP contribution is 2.18. The van der Waals surface area contributed by atoms with Crippen molar-refractivity contribution in [2.45, 2.75) is 13.5 Å². The first-order valence-electron chi connectivity index (χ1n) is 9.45. The second-order valence-electron chi connectivity index (χ2n) is 6.94. The van der Waals surface area contributed by atoms with Crippen LogP contribution in [0.25, 0.3) is 16.8 Å². The minimum atomic E-state index is -0.465. The SMILES string of the molecule is COC(=O)c1ccc(NC(=O)Cn2ncn3nc(-c4ccc(C)cc4)cc3c2=O)cc1. The molecule has 0 aliphatic rings. The monoisotopic (exact) mass is 417 g/mol. The molecule has 9 nitrogen and oxygen atoms in total. The second kappa shape index (κ2) is 8.23. The van der Waals surface area contributed by atoms with Crippen molar-refractivity contribution in [2.75, 3.05) is 12.4 Å². The van der Waals surface area contributed by atoms with Crippen molar-refractivity contribution >= 4 is 23.1 Å². The van der Waals surface area contributed by atoms with Gasteiger partial charge in [0.2, 0.25) is 5.91 Å². The molecule has 0 bridgehead atoms. The van der Waals surface area contributed by atoms with Crippen molar-refractivity contribution in [1.29, 1.82) is 0 Å². The largest absolute Gasteiger partial charge is 0.465 e. The van der Waals surface area contributed by atoms with Crippen LogP contribution in [0.3, 0.4) is 0 Å². The van der Waals surface area contributed by atoms with Crippen LogP contribution in [-0.2, 0) is 16.1 Å². The fourth-order valence-electron chi connectivity index (χ4n) is 3.06. The average molecular weight is 417 g/mol. The van der Waals surface area contributed by atoms with Crippen molar-refractivity contribution in [3.8, 4) is 11.3 Å². The van der Waals surface area contributed by atoms with Gasteiger partial charge in [0.25, 0.3) is 5.56 Å². The molecule has 2 aromatic heterocycles. The molecule has 4 rings (SSSR count). The van der Waals surface area contributed by atoms with Crippen LogP contribution in [0.4, 0.5) is 5.69 Å². The second-order valence-corrected chi connectivity index (χ2v) is 6.94. The summed E-state index contributed by atoms with van der Waals surface area (Å²) >= 11 is 0. The fraction of sp³-hybridized carbons (Fsp3) is 0.136. The molecular formula is C22H19N5O4. The molecule has 0 aliphatic carbocycles. The summed E-state index contributed by atoms with van der Waals surface area (Å²) < 4.78 is 7.12. The zero-order valence-electron chi connectivity index (χ0n) is 16.9. The molecule has 1 amide bonds. The smallest absolute Gasteiger partial charge is 0.337 e. The van der Waals surface area contributed by atoms with Crippen LogP contribution in [0, 0.1) is 6.92 Å². The van der Waals surface area contributed by atoms with Crippen LogP contribution >= 0.6 is 0 Å². The average Bonchev–Trinajstić information content (AvgIpc) is 3.21. The highest BCUT2D eigenvalue weighted by molar-refractivity contribution is 5.92. The third-order valence-corrected chi connectivity index (χ3v) is 4.72. The van der Waals surface area contributed by atoms with Crippen molar-refractivity contribution in [3.05, 3.63) is 82.4 Å². The van der Waals surface area contributed by atoms with E-state index in [-0.39, 0.29) is 6.54 Å². The quantitative estimate of drug-likeness (QED) is 0.499. The lowest BCUT2D eigenvalue weighted by Gasteiger charge is -2.07. The lowest BCUT2D eigenvalue weighted by atomic mass is 10.1. The zero-order valence-corrected chi connectivity index (χ0v) is 16.9. The molecular weight excluding hydrogens is 398 g/mol. The Hall–Kier alpha value is -4.27. The number of nitrogens with zero attached hydrogens (tertiary/aromatic N) is 4. The number of esters is 1. The number of carbonyl (C=O) groups excluding carboxylic acids is 2. The molecule has 4 aromatic rings. The van der Waals surface area contributed by atoms with E-state index in [1.807, 2.05) is 31.2 Å². The maximum atomic E-state index is 12.8. The summed E-state index contributed by atoms with van der Waals surface area (Å²) in [4.78, 5) is 36.6. The maximum absolute atomic E-state index is 12.8. The predicted octanol–water partition coefficient (Wildman–Crippen LogP) is 2.29. The number of nitrogens with one attached hydrogen (secondary N) is 1. The number of carbonyl (C=O) groups is 2. The number of ether oxygens (including phenoxy) is 1. The van der Waals surface area contributed by atoms with Gasteiger partial charge in [-0.2, -0.15) is 10.2 Å². The first-order chi connectivity index (χ1) is 14.9.